The summed E-state index contributed by atoms with van der Waals surface area (Å²) in [5.74, 6) is 1.66. The van der Waals surface area contributed by atoms with Gasteiger partial charge in [-0.15, -0.1) is 0 Å². The molecule has 3 heterocycles. The smallest absolute Gasteiger partial charge is 0.258 e. The highest BCUT2D eigenvalue weighted by atomic mass is 16.5. The number of ether oxygens (including phenoxy) is 2. The van der Waals surface area contributed by atoms with Crippen LogP contribution in [0.2, 0.25) is 0 Å². The van der Waals surface area contributed by atoms with Gasteiger partial charge in [-0.25, -0.2) is 9.97 Å². The summed E-state index contributed by atoms with van der Waals surface area (Å²) < 4.78 is 11.4. The minimum absolute atomic E-state index is 0.0682. The van der Waals surface area contributed by atoms with Crippen molar-refractivity contribution < 1.29 is 14.3 Å². The maximum atomic E-state index is 12.1. The van der Waals surface area contributed by atoms with E-state index < -0.39 is 0 Å². The van der Waals surface area contributed by atoms with Crippen molar-refractivity contribution in [2.24, 2.45) is 0 Å². The summed E-state index contributed by atoms with van der Waals surface area (Å²) in [6.45, 7) is 6.61. The van der Waals surface area contributed by atoms with Crippen molar-refractivity contribution in [3.8, 4) is 28.3 Å². The van der Waals surface area contributed by atoms with Gasteiger partial charge in [0, 0.05) is 34.1 Å². The molecule has 184 valence electrons. The van der Waals surface area contributed by atoms with E-state index in [4.69, 9.17) is 19.4 Å². The molecule has 0 saturated heterocycles. The number of rotatable bonds is 7. The molecule has 0 saturated carbocycles. The summed E-state index contributed by atoms with van der Waals surface area (Å²) in [5.41, 5.74) is 5.28. The predicted molar refractivity (Wildman–Crippen MR) is 137 cm³/mol. The third-order valence-electron chi connectivity index (χ3n) is 5.53. The lowest BCUT2D eigenvalue weighted by atomic mass is 10.1. The molecule has 3 N–H and O–H groups in total. The molecule has 9 heteroatoms. The lowest BCUT2D eigenvalue weighted by molar-refractivity contribution is -0.124. The summed E-state index contributed by atoms with van der Waals surface area (Å²) in [4.78, 5) is 21.7. The van der Waals surface area contributed by atoms with E-state index in [1.165, 1.54) is 0 Å². The van der Waals surface area contributed by atoms with E-state index in [2.05, 4.69) is 20.8 Å². The zero-order valence-electron chi connectivity index (χ0n) is 20.5. The zero-order valence-corrected chi connectivity index (χ0v) is 20.5. The minimum atomic E-state index is -0.314. The Morgan fingerprint density at radius 3 is 2.64 bits per heavy atom. The first kappa shape index (κ1) is 23.5. The van der Waals surface area contributed by atoms with Crippen LogP contribution in [0.4, 0.5) is 11.5 Å². The van der Waals surface area contributed by atoms with Crippen molar-refractivity contribution in [1.29, 1.82) is 0 Å². The molecule has 5 rings (SSSR count). The third kappa shape index (κ3) is 5.52. The molecule has 2 aromatic heterocycles. The summed E-state index contributed by atoms with van der Waals surface area (Å²) in [6, 6.07) is 15.5. The van der Waals surface area contributed by atoms with E-state index in [9.17, 15) is 4.79 Å². The van der Waals surface area contributed by atoms with Crippen LogP contribution in [-0.2, 0) is 22.7 Å². The predicted octanol–water partition coefficient (Wildman–Crippen LogP) is 4.60. The number of fused-ring (bicyclic) bond motifs is 1. The second kappa shape index (κ2) is 9.79. The average molecular weight is 485 g/mol. The van der Waals surface area contributed by atoms with E-state index in [1.54, 1.807) is 6.20 Å². The van der Waals surface area contributed by atoms with Crippen molar-refractivity contribution in [2.45, 2.75) is 39.5 Å². The highest BCUT2D eigenvalue weighted by Gasteiger charge is 2.21. The largest absolute Gasteiger partial charge is 0.484 e. The summed E-state index contributed by atoms with van der Waals surface area (Å²) in [5, 5.41) is 13.2. The molecule has 9 nitrogen and oxygen atoms in total. The lowest BCUT2D eigenvalue weighted by Gasteiger charge is -2.20. The Kier molecular flexibility index (Phi) is 6.39. The van der Waals surface area contributed by atoms with E-state index in [1.807, 2.05) is 75.5 Å². The Labute approximate surface area is 209 Å². The van der Waals surface area contributed by atoms with Crippen LogP contribution in [0.15, 0.2) is 60.9 Å². The molecule has 0 radical (unpaired) electrons. The number of nitrogens with zero attached hydrogens (tertiary/aromatic N) is 3. The molecule has 2 aromatic carbocycles. The molecule has 1 amide bonds. The number of aromatic nitrogens is 4. The summed E-state index contributed by atoms with van der Waals surface area (Å²) in [7, 11) is 0. The summed E-state index contributed by atoms with van der Waals surface area (Å²) in [6.07, 6.45) is 3.65. The topological polar surface area (TPSA) is 114 Å². The van der Waals surface area contributed by atoms with Crippen LogP contribution in [0.5, 0.6) is 5.75 Å². The number of hydrogen-bond acceptors (Lipinski definition) is 7. The highest BCUT2D eigenvalue weighted by molar-refractivity contribution is 5.78. The number of carbonyl (C=O) groups is 1. The van der Waals surface area contributed by atoms with Gasteiger partial charge in [0.05, 0.1) is 25.1 Å². The van der Waals surface area contributed by atoms with Gasteiger partial charge in [0.25, 0.3) is 5.91 Å². The van der Waals surface area contributed by atoms with Crippen molar-refractivity contribution in [3.05, 3.63) is 72.2 Å². The Balaban J connectivity index is 1.36. The van der Waals surface area contributed by atoms with Crippen LogP contribution in [0.1, 0.15) is 32.0 Å². The first-order valence-corrected chi connectivity index (χ1v) is 11.7. The Bertz CT molecular complexity index is 1360. The quantitative estimate of drug-likeness (QED) is 0.351. The fourth-order valence-electron chi connectivity index (χ4n) is 3.90. The van der Waals surface area contributed by atoms with Gasteiger partial charge in [-0.3, -0.25) is 9.89 Å². The number of amides is 1. The Hall–Kier alpha value is -4.24. The highest BCUT2D eigenvalue weighted by Crippen LogP contribution is 2.31. The standard InChI is InChI=1S/C27H28N6O3/c1-27(2,3)33-24(34)16-36-21-6-4-5-18(11-21)25-31-23-15-35-14-22(23)26(32-25)30-20-9-7-17(8-10-20)19-12-28-29-13-19/h4-13H,14-16H2,1-3H3,(H,28,29)(H,33,34)(H,30,31,32). The maximum Gasteiger partial charge on any atom is 0.258 e. The molecule has 4 aromatic rings. The van der Waals surface area contributed by atoms with Gasteiger partial charge in [-0.2, -0.15) is 5.10 Å². The molecule has 0 spiro atoms. The SMILES string of the molecule is CC(C)(C)NC(=O)COc1cccc(-c2nc3c(c(Nc4ccc(-c5cn[nH]c5)cc4)n2)COC3)c1. The number of anilines is 2. The van der Waals surface area contributed by atoms with Gasteiger partial charge in [-0.05, 0) is 50.6 Å². The minimum Gasteiger partial charge on any atom is -0.484 e. The average Bonchev–Trinajstić information content (AvgIpc) is 3.55. The number of benzene rings is 2. The number of carbonyl (C=O) groups excluding carboxylic acids is 1. The van der Waals surface area contributed by atoms with Crippen LogP contribution in [0, 0.1) is 0 Å². The van der Waals surface area contributed by atoms with Crippen molar-refractivity contribution in [2.75, 3.05) is 11.9 Å². The van der Waals surface area contributed by atoms with E-state index in [0.717, 1.165) is 33.6 Å². The Morgan fingerprint density at radius 2 is 1.89 bits per heavy atom. The van der Waals surface area contributed by atoms with Crippen LogP contribution in [-0.4, -0.2) is 38.2 Å². The monoisotopic (exact) mass is 484 g/mol. The first-order chi connectivity index (χ1) is 17.3. The number of aromatic amines is 1. The van der Waals surface area contributed by atoms with Crippen LogP contribution < -0.4 is 15.4 Å². The van der Waals surface area contributed by atoms with E-state index >= 15 is 0 Å². The van der Waals surface area contributed by atoms with Gasteiger partial charge < -0.3 is 20.1 Å². The molecule has 0 atom stereocenters. The summed E-state index contributed by atoms with van der Waals surface area (Å²) >= 11 is 0. The lowest BCUT2D eigenvalue weighted by Crippen LogP contribution is -2.43. The fraction of sp³-hybridized carbons (Fsp3) is 0.259. The molecule has 0 bridgehead atoms. The van der Waals surface area contributed by atoms with Crippen LogP contribution in [0.3, 0.4) is 0 Å². The molecule has 1 aliphatic heterocycles. The normalized spacial score (nSPS) is 12.8. The van der Waals surface area contributed by atoms with Gasteiger partial charge >= 0.3 is 0 Å². The van der Waals surface area contributed by atoms with Crippen molar-refractivity contribution in [3.63, 3.8) is 0 Å². The molecular weight excluding hydrogens is 456 g/mol. The van der Waals surface area contributed by atoms with Crippen molar-refractivity contribution >= 4 is 17.4 Å². The Morgan fingerprint density at radius 1 is 1.06 bits per heavy atom. The molecule has 36 heavy (non-hydrogen) atoms. The number of hydrogen-bond donors (Lipinski definition) is 3. The van der Waals surface area contributed by atoms with Crippen LogP contribution >= 0.6 is 0 Å². The third-order valence-corrected chi connectivity index (χ3v) is 5.53. The van der Waals surface area contributed by atoms with Gasteiger partial charge in [0.1, 0.15) is 11.6 Å². The molecule has 0 unspecified atom stereocenters. The van der Waals surface area contributed by atoms with E-state index in [-0.39, 0.29) is 18.1 Å². The fourth-order valence-corrected chi connectivity index (χ4v) is 3.90. The first-order valence-electron chi connectivity index (χ1n) is 11.7. The van der Waals surface area contributed by atoms with Crippen LogP contribution in [0.25, 0.3) is 22.5 Å². The molecule has 0 aliphatic carbocycles. The van der Waals surface area contributed by atoms with Gasteiger partial charge in [0.2, 0.25) is 0 Å². The zero-order chi connectivity index (χ0) is 25.1. The molecule has 0 fully saturated rings. The van der Waals surface area contributed by atoms with Crippen molar-refractivity contribution in [1.82, 2.24) is 25.5 Å². The number of nitrogens with one attached hydrogen (secondary N) is 3. The van der Waals surface area contributed by atoms with E-state index in [0.29, 0.717) is 30.6 Å². The molecule has 1 aliphatic rings. The van der Waals surface area contributed by atoms with Gasteiger partial charge in [0.15, 0.2) is 12.4 Å². The number of H-pyrrole nitrogens is 1. The van der Waals surface area contributed by atoms with Gasteiger partial charge in [-0.1, -0.05) is 24.3 Å². The second-order valence-corrected chi connectivity index (χ2v) is 9.62. The second-order valence-electron chi connectivity index (χ2n) is 9.62. The maximum absolute atomic E-state index is 12.1. The molecular formula is C27H28N6O3.